The van der Waals surface area contributed by atoms with Crippen LogP contribution in [0.1, 0.15) is 5.56 Å². The van der Waals surface area contributed by atoms with Crippen molar-refractivity contribution >= 4 is 17.1 Å². The molecule has 0 aromatic heterocycles. The molecule has 0 atom stereocenters. The Balaban J connectivity index is 0.00000176. The van der Waals surface area contributed by atoms with Crippen molar-refractivity contribution in [3.63, 3.8) is 0 Å². The Labute approximate surface area is 131 Å². The smallest absolute Gasteiger partial charge is 0.431 e. The standard InChI is InChI=1S/C16H11F3N2.ClH/c17-16(18,19)15-10-14(11-6-2-1-3-7-11)20-12-8-4-5-9-13(12)21-15;/h1-10,21H;1H. The minimum atomic E-state index is -4.45. The zero-order valence-corrected chi connectivity index (χ0v) is 12.0. The average molecular weight is 325 g/mol. The summed E-state index contributed by atoms with van der Waals surface area (Å²) >= 11 is 0. The van der Waals surface area contributed by atoms with Crippen LogP contribution in [0.5, 0.6) is 0 Å². The van der Waals surface area contributed by atoms with Crippen LogP contribution in [0.15, 0.2) is 66.4 Å². The third-order valence-electron chi connectivity index (χ3n) is 3.14. The second kappa shape index (κ2) is 6.23. The second-order valence-corrected chi connectivity index (χ2v) is 4.63. The lowest BCUT2D eigenvalue weighted by molar-refractivity contribution is -0.350. The maximum atomic E-state index is 13.1. The molecule has 22 heavy (non-hydrogen) atoms. The monoisotopic (exact) mass is 324 g/mol. The fraction of sp³-hybridized carbons (Fsp3) is 0.0625. The first kappa shape index (κ1) is 16.1. The van der Waals surface area contributed by atoms with Gasteiger partial charge in [-0.1, -0.05) is 30.3 Å². The van der Waals surface area contributed by atoms with Crippen molar-refractivity contribution in [1.82, 2.24) is 0 Å². The van der Waals surface area contributed by atoms with E-state index in [-0.39, 0.29) is 12.4 Å². The number of alkyl halides is 3. The molecule has 0 aliphatic carbocycles. The molecule has 2 aromatic rings. The average Bonchev–Trinajstić information content (AvgIpc) is 2.67. The number of benzene rings is 2. The van der Waals surface area contributed by atoms with E-state index in [2.05, 4.69) is 10.3 Å². The van der Waals surface area contributed by atoms with Gasteiger partial charge in [0.15, 0.2) is 0 Å². The molecule has 2 aromatic carbocycles. The highest BCUT2D eigenvalue weighted by atomic mass is 35.5. The van der Waals surface area contributed by atoms with Crippen LogP contribution in [0.3, 0.4) is 0 Å². The summed E-state index contributed by atoms with van der Waals surface area (Å²) in [4.78, 5) is 3.06. The van der Waals surface area contributed by atoms with Gasteiger partial charge in [-0.25, -0.2) is 4.99 Å². The van der Waals surface area contributed by atoms with Crippen molar-refractivity contribution in [1.29, 1.82) is 0 Å². The summed E-state index contributed by atoms with van der Waals surface area (Å²) in [5, 5.41) is 2.45. The summed E-state index contributed by atoms with van der Waals surface area (Å²) in [6.07, 6.45) is -3.35. The van der Waals surface area contributed by atoms with Crippen LogP contribution in [-0.4, -0.2) is 11.9 Å². The van der Waals surface area contributed by atoms with Crippen LogP contribution < -0.4 is 22.7 Å². The zero-order chi connectivity index (χ0) is 14.9. The van der Waals surface area contributed by atoms with Gasteiger partial charge < -0.3 is 17.7 Å². The maximum absolute atomic E-state index is 13.1. The van der Waals surface area contributed by atoms with Gasteiger partial charge in [-0.3, -0.25) is 0 Å². The molecule has 2 N–H and O–H groups in total. The van der Waals surface area contributed by atoms with E-state index in [0.717, 1.165) is 6.08 Å². The van der Waals surface area contributed by atoms with Gasteiger partial charge in [-0.15, -0.1) is 0 Å². The largest absolute Gasteiger partial charge is 1.00 e. The third-order valence-corrected chi connectivity index (χ3v) is 3.14. The van der Waals surface area contributed by atoms with E-state index in [4.69, 9.17) is 0 Å². The Kier molecular flexibility index (Phi) is 4.56. The van der Waals surface area contributed by atoms with Gasteiger partial charge in [0, 0.05) is 17.7 Å². The summed E-state index contributed by atoms with van der Waals surface area (Å²) < 4.78 is 39.4. The first-order valence-corrected chi connectivity index (χ1v) is 6.38. The molecule has 1 aliphatic rings. The summed E-state index contributed by atoms with van der Waals surface area (Å²) in [6.45, 7) is 0. The van der Waals surface area contributed by atoms with Crippen molar-refractivity contribution < 1.29 is 30.6 Å². The van der Waals surface area contributed by atoms with E-state index >= 15 is 0 Å². The molecule has 3 rings (SSSR count). The number of halogens is 4. The van der Waals surface area contributed by atoms with Crippen molar-refractivity contribution in [3.05, 3.63) is 71.9 Å². The number of hydrogen-bond donors (Lipinski definition) is 2. The van der Waals surface area contributed by atoms with E-state index < -0.39 is 11.9 Å². The molecule has 0 spiro atoms. The van der Waals surface area contributed by atoms with Gasteiger partial charge in [0.25, 0.3) is 0 Å². The van der Waals surface area contributed by atoms with Crippen molar-refractivity contribution in [2.45, 2.75) is 6.18 Å². The molecule has 114 valence electrons. The fourth-order valence-electron chi connectivity index (χ4n) is 2.13. The molecule has 6 heteroatoms. The Morgan fingerprint density at radius 3 is 2.18 bits per heavy atom. The topological polar surface area (TPSA) is 26.0 Å². The predicted molar refractivity (Wildman–Crippen MR) is 75.4 cm³/mol. The summed E-state index contributed by atoms with van der Waals surface area (Å²) in [5.74, 6) is 0. The molecular formula is C16H12ClF3N2. The van der Waals surface area contributed by atoms with Crippen LogP contribution in [0.2, 0.25) is 0 Å². The van der Waals surface area contributed by atoms with E-state index in [1.807, 2.05) is 6.07 Å². The Hall–Kier alpha value is -2.27. The first-order chi connectivity index (χ1) is 10.0. The molecule has 0 fully saturated rings. The Morgan fingerprint density at radius 2 is 1.50 bits per heavy atom. The number of hydrogen-bond acceptors (Lipinski definition) is 1. The van der Waals surface area contributed by atoms with Crippen LogP contribution in [0, 0.1) is 0 Å². The highest BCUT2D eigenvalue weighted by Crippen LogP contribution is 2.30. The molecule has 2 nitrogen and oxygen atoms in total. The summed E-state index contributed by atoms with van der Waals surface area (Å²) in [5.41, 5.74) is 1.30. The zero-order valence-electron chi connectivity index (χ0n) is 11.3. The van der Waals surface area contributed by atoms with Crippen LogP contribution in [0.25, 0.3) is 0 Å². The van der Waals surface area contributed by atoms with E-state index in [1.54, 1.807) is 48.5 Å². The minimum absolute atomic E-state index is 0. The highest BCUT2D eigenvalue weighted by Gasteiger charge is 2.37. The van der Waals surface area contributed by atoms with Crippen LogP contribution in [0.4, 0.5) is 24.5 Å². The van der Waals surface area contributed by atoms with Gasteiger partial charge in [0.1, 0.15) is 11.4 Å². The summed E-state index contributed by atoms with van der Waals surface area (Å²) in [6, 6.07) is 15.7. The Morgan fingerprint density at radius 1 is 0.864 bits per heavy atom. The van der Waals surface area contributed by atoms with Gasteiger partial charge in [0.05, 0.1) is 0 Å². The quantitative estimate of drug-likeness (QED) is 0.744. The third kappa shape index (κ3) is 3.31. The maximum Gasteiger partial charge on any atom is 0.431 e. The van der Waals surface area contributed by atoms with Gasteiger partial charge in [0.2, 0.25) is 11.4 Å². The lowest BCUT2D eigenvalue weighted by atomic mass is 10.1. The number of para-hydroxylation sites is 2. The molecule has 1 heterocycles. The molecule has 1 aliphatic heterocycles. The SMILES string of the molecule is FC(F)(F)C1=CC(c2ccccc2)=[NH+]c2ccccc2N1.[Cl-]. The van der Waals surface area contributed by atoms with Crippen molar-refractivity contribution in [2.75, 3.05) is 5.32 Å². The Bertz CT molecular complexity index is 722. The van der Waals surface area contributed by atoms with Crippen LogP contribution in [-0.2, 0) is 0 Å². The number of nitrogens with one attached hydrogen (secondary N) is 2. The van der Waals surface area contributed by atoms with Gasteiger partial charge in [-0.05, 0) is 18.2 Å². The number of allylic oxidation sites excluding steroid dienone is 2. The highest BCUT2D eigenvalue weighted by molar-refractivity contribution is 6.06. The number of rotatable bonds is 1. The van der Waals surface area contributed by atoms with Gasteiger partial charge >= 0.3 is 6.18 Å². The first-order valence-electron chi connectivity index (χ1n) is 6.38. The lowest BCUT2D eigenvalue weighted by Gasteiger charge is -2.12. The second-order valence-electron chi connectivity index (χ2n) is 4.63. The number of fused-ring (bicyclic) bond motifs is 1. The summed E-state index contributed by atoms with van der Waals surface area (Å²) in [7, 11) is 0. The van der Waals surface area contributed by atoms with Crippen molar-refractivity contribution in [3.8, 4) is 0 Å². The fourth-order valence-corrected chi connectivity index (χ4v) is 2.13. The van der Waals surface area contributed by atoms with E-state index in [9.17, 15) is 13.2 Å². The number of anilines is 1. The van der Waals surface area contributed by atoms with E-state index in [1.165, 1.54) is 0 Å². The normalized spacial score (nSPS) is 13.8. The van der Waals surface area contributed by atoms with E-state index in [0.29, 0.717) is 22.6 Å². The molecule has 0 saturated heterocycles. The molecule has 0 bridgehead atoms. The molecule has 0 saturated carbocycles. The molecule has 0 amide bonds. The van der Waals surface area contributed by atoms with Gasteiger partial charge in [-0.2, -0.15) is 13.2 Å². The minimum Gasteiger partial charge on any atom is -1.00 e. The predicted octanol–water partition coefficient (Wildman–Crippen LogP) is -0.236. The lowest BCUT2D eigenvalue weighted by Crippen LogP contribution is -3.00. The van der Waals surface area contributed by atoms with Crippen LogP contribution >= 0.6 is 0 Å². The molecule has 0 unspecified atom stereocenters. The molecular weight excluding hydrogens is 313 g/mol. The molecule has 0 radical (unpaired) electrons. The van der Waals surface area contributed by atoms with Crippen molar-refractivity contribution in [2.24, 2.45) is 0 Å².